The summed E-state index contributed by atoms with van der Waals surface area (Å²) in [6.07, 6.45) is 18.3. The molecule has 1 rings (SSSR count). The minimum Gasteiger partial charge on any atom is -0.394 e. The van der Waals surface area contributed by atoms with Gasteiger partial charge in [-0.2, -0.15) is 0 Å². The second kappa shape index (κ2) is 27.3. The number of aliphatic hydroxyl groups excluding tert-OH is 5. The molecule has 0 aromatic rings. The quantitative estimate of drug-likeness (QED) is 0.0580. The summed E-state index contributed by atoms with van der Waals surface area (Å²) in [5.41, 5.74) is 0. The topological polar surface area (TPSA) is 149 Å². The summed E-state index contributed by atoms with van der Waals surface area (Å²) < 4.78 is 11.2. The maximum Gasteiger partial charge on any atom is 0.220 e. The van der Waals surface area contributed by atoms with Gasteiger partial charge in [-0.25, -0.2) is 0 Å². The van der Waals surface area contributed by atoms with Crippen molar-refractivity contribution in [2.45, 2.75) is 204 Å². The predicted octanol–water partition coefficient (Wildman–Crippen LogP) is 5.66. The van der Waals surface area contributed by atoms with E-state index < -0.39 is 49.5 Å². The smallest absolute Gasteiger partial charge is 0.220 e. The molecule has 1 fully saturated rings. The molecule has 0 aliphatic carbocycles. The van der Waals surface area contributed by atoms with E-state index in [0.717, 1.165) is 38.5 Å². The second-order valence-electron chi connectivity index (χ2n) is 13.0. The van der Waals surface area contributed by atoms with Crippen molar-refractivity contribution in [3.63, 3.8) is 0 Å². The van der Waals surface area contributed by atoms with Gasteiger partial charge in [0.25, 0.3) is 0 Å². The molecule has 0 radical (unpaired) electrons. The molecule has 0 bridgehead atoms. The molecule has 262 valence electrons. The van der Waals surface area contributed by atoms with Crippen molar-refractivity contribution < 1.29 is 39.8 Å². The van der Waals surface area contributed by atoms with Crippen LogP contribution in [0.1, 0.15) is 162 Å². The van der Waals surface area contributed by atoms with Crippen molar-refractivity contribution in [1.29, 1.82) is 0 Å². The van der Waals surface area contributed by atoms with Crippen LogP contribution in [-0.2, 0) is 14.3 Å². The Morgan fingerprint density at radius 3 is 1.61 bits per heavy atom. The lowest BCUT2D eigenvalue weighted by Crippen LogP contribution is -2.60. The molecule has 9 nitrogen and oxygen atoms in total. The number of aliphatic hydroxyl groups is 5. The van der Waals surface area contributed by atoms with Crippen LogP contribution >= 0.6 is 0 Å². The molecule has 1 heterocycles. The standard InChI is InChI=1S/C35H69NO8/c1-3-5-7-9-11-13-15-16-18-20-22-24-29(38)28(27-43-35-34(42)33(41)32(40)30(26-37)44-35)36-31(39)25-23-21-19-17-14-12-10-8-6-4-2/h28-30,32-35,37-38,40-42H,3-27H2,1-2H3,(H,36,39)/t28-,29+,30+,32-,33?,34?,35+/m0/s1. The Balaban J connectivity index is 2.46. The lowest BCUT2D eigenvalue weighted by Gasteiger charge is -2.40. The first-order valence-electron chi connectivity index (χ1n) is 18.2. The number of hydrogen-bond acceptors (Lipinski definition) is 8. The number of hydrogen-bond donors (Lipinski definition) is 6. The van der Waals surface area contributed by atoms with Crippen molar-refractivity contribution in [2.75, 3.05) is 13.2 Å². The van der Waals surface area contributed by atoms with Crippen LogP contribution in [0.25, 0.3) is 0 Å². The molecular formula is C35H69NO8. The first-order valence-corrected chi connectivity index (χ1v) is 18.2. The Morgan fingerprint density at radius 1 is 0.682 bits per heavy atom. The van der Waals surface area contributed by atoms with Crippen molar-refractivity contribution in [1.82, 2.24) is 5.32 Å². The van der Waals surface area contributed by atoms with Crippen LogP contribution in [0, 0.1) is 0 Å². The number of carbonyl (C=O) groups is 1. The van der Waals surface area contributed by atoms with E-state index in [1.807, 2.05) is 0 Å². The van der Waals surface area contributed by atoms with Crippen LogP contribution in [-0.4, -0.2) is 87.5 Å². The van der Waals surface area contributed by atoms with Gasteiger partial charge in [0, 0.05) is 6.42 Å². The summed E-state index contributed by atoms with van der Waals surface area (Å²) in [5.74, 6) is -0.148. The molecule has 1 aliphatic rings. The Hall–Kier alpha value is -0.810. The van der Waals surface area contributed by atoms with E-state index in [1.165, 1.54) is 96.3 Å². The van der Waals surface area contributed by atoms with Gasteiger partial charge >= 0.3 is 0 Å². The summed E-state index contributed by atoms with van der Waals surface area (Å²) in [4.78, 5) is 12.8. The van der Waals surface area contributed by atoms with Crippen molar-refractivity contribution in [3.8, 4) is 0 Å². The maximum absolute atomic E-state index is 12.8. The van der Waals surface area contributed by atoms with Crippen LogP contribution in [0.3, 0.4) is 0 Å². The number of amides is 1. The van der Waals surface area contributed by atoms with Gasteiger partial charge in [-0.3, -0.25) is 4.79 Å². The van der Waals surface area contributed by atoms with E-state index in [2.05, 4.69) is 19.2 Å². The average molecular weight is 632 g/mol. The van der Waals surface area contributed by atoms with Crippen LogP contribution in [0.2, 0.25) is 0 Å². The van der Waals surface area contributed by atoms with Gasteiger partial charge < -0.3 is 40.3 Å². The summed E-state index contributed by atoms with van der Waals surface area (Å²) in [6, 6.07) is -0.707. The van der Waals surface area contributed by atoms with E-state index in [9.17, 15) is 30.3 Å². The van der Waals surface area contributed by atoms with Crippen LogP contribution < -0.4 is 5.32 Å². The monoisotopic (exact) mass is 632 g/mol. The SMILES string of the molecule is CCCCCCCCCCCCC[C@@H](O)[C@H](CO[C@@H]1O[C@H](CO)[C@H](O)C(O)C1O)NC(=O)CCCCCCCCCCCC. The van der Waals surface area contributed by atoms with Gasteiger partial charge in [0.15, 0.2) is 6.29 Å². The highest BCUT2D eigenvalue weighted by molar-refractivity contribution is 5.76. The van der Waals surface area contributed by atoms with Gasteiger partial charge in [-0.05, 0) is 12.8 Å². The minimum atomic E-state index is -1.54. The Labute approximate surface area is 268 Å². The molecule has 2 unspecified atom stereocenters. The van der Waals surface area contributed by atoms with E-state index in [1.54, 1.807) is 0 Å². The minimum absolute atomic E-state index is 0.133. The number of carbonyl (C=O) groups excluding carboxylic acids is 1. The molecule has 1 aliphatic heterocycles. The van der Waals surface area contributed by atoms with Crippen molar-refractivity contribution >= 4 is 5.91 Å². The summed E-state index contributed by atoms with van der Waals surface area (Å²) >= 11 is 0. The average Bonchev–Trinajstić information content (AvgIpc) is 3.02. The van der Waals surface area contributed by atoms with Crippen molar-refractivity contribution in [3.05, 3.63) is 0 Å². The predicted molar refractivity (Wildman–Crippen MR) is 175 cm³/mol. The molecule has 0 aromatic heterocycles. The lowest BCUT2D eigenvalue weighted by molar-refractivity contribution is -0.302. The molecule has 7 atom stereocenters. The van der Waals surface area contributed by atoms with E-state index in [-0.39, 0.29) is 12.5 Å². The highest BCUT2D eigenvalue weighted by Crippen LogP contribution is 2.23. The fourth-order valence-electron chi connectivity index (χ4n) is 5.92. The molecule has 6 N–H and O–H groups in total. The number of nitrogens with one attached hydrogen (secondary N) is 1. The zero-order chi connectivity index (χ0) is 32.4. The lowest BCUT2D eigenvalue weighted by atomic mass is 9.99. The van der Waals surface area contributed by atoms with Crippen LogP contribution in [0.15, 0.2) is 0 Å². The van der Waals surface area contributed by atoms with Crippen LogP contribution in [0.4, 0.5) is 0 Å². The zero-order valence-corrected chi connectivity index (χ0v) is 28.2. The third-order valence-electron chi connectivity index (χ3n) is 8.96. The summed E-state index contributed by atoms with van der Waals surface area (Å²) in [5, 5.41) is 53.9. The van der Waals surface area contributed by atoms with Crippen LogP contribution in [0.5, 0.6) is 0 Å². The van der Waals surface area contributed by atoms with Crippen molar-refractivity contribution in [2.24, 2.45) is 0 Å². The highest BCUT2D eigenvalue weighted by Gasteiger charge is 2.44. The molecule has 1 saturated heterocycles. The third kappa shape index (κ3) is 19.0. The molecule has 1 amide bonds. The number of rotatable bonds is 29. The molecule has 0 aromatic carbocycles. The normalized spacial score (nSPS) is 23.5. The first-order chi connectivity index (χ1) is 21.3. The van der Waals surface area contributed by atoms with E-state index >= 15 is 0 Å². The van der Waals surface area contributed by atoms with Gasteiger partial charge in [0.1, 0.15) is 24.4 Å². The molecule has 0 saturated carbocycles. The molecule has 0 spiro atoms. The summed E-state index contributed by atoms with van der Waals surface area (Å²) in [6.45, 7) is 3.78. The van der Waals surface area contributed by atoms with E-state index in [4.69, 9.17) is 9.47 Å². The fourth-order valence-corrected chi connectivity index (χ4v) is 5.92. The number of ether oxygens (including phenoxy) is 2. The zero-order valence-electron chi connectivity index (χ0n) is 28.2. The van der Waals surface area contributed by atoms with Gasteiger partial charge in [0.2, 0.25) is 5.91 Å². The molecular weight excluding hydrogens is 562 g/mol. The van der Waals surface area contributed by atoms with E-state index in [0.29, 0.717) is 12.8 Å². The Kier molecular flexibility index (Phi) is 25.6. The Bertz CT molecular complexity index is 667. The highest BCUT2D eigenvalue weighted by atomic mass is 16.7. The van der Waals surface area contributed by atoms with Gasteiger partial charge in [0.05, 0.1) is 25.4 Å². The largest absolute Gasteiger partial charge is 0.394 e. The third-order valence-corrected chi connectivity index (χ3v) is 8.96. The van der Waals surface area contributed by atoms with Gasteiger partial charge in [-0.15, -0.1) is 0 Å². The molecule has 9 heteroatoms. The Morgan fingerprint density at radius 2 is 1.14 bits per heavy atom. The molecule has 44 heavy (non-hydrogen) atoms. The second-order valence-corrected chi connectivity index (χ2v) is 13.0. The maximum atomic E-state index is 12.8. The summed E-state index contributed by atoms with van der Waals surface area (Å²) in [7, 11) is 0. The number of unbranched alkanes of at least 4 members (excludes halogenated alkanes) is 19. The first kappa shape index (κ1) is 41.2. The fraction of sp³-hybridized carbons (Fsp3) is 0.971. The van der Waals surface area contributed by atoms with Gasteiger partial charge in [-0.1, -0.05) is 142 Å².